The van der Waals surface area contributed by atoms with Crippen molar-refractivity contribution in [3.63, 3.8) is 0 Å². The van der Waals surface area contributed by atoms with E-state index in [9.17, 15) is 18.8 Å². The SMILES string of the molecule is CC(=O)OCN1C=C(C2SCc3c(C(=O)c4cn(C(=O)N(C)C)c5cc(-c6ccc(F)cc6)ccc45)ccn32)C=CC1. The van der Waals surface area contributed by atoms with Gasteiger partial charge in [0.2, 0.25) is 0 Å². The molecule has 0 fully saturated rings. The van der Waals surface area contributed by atoms with Crippen LogP contribution < -0.4 is 0 Å². The lowest BCUT2D eigenvalue weighted by atomic mass is 10.00. The lowest BCUT2D eigenvalue weighted by Gasteiger charge is -2.25. The predicted octanol–water partition coefficient (Wildman–Crippen LogP) is 6.03. The molecule has 4 aromatic rings. The van der Waals surface area contributed by atoms with Crippen molar-refractivity contribution in [2.75, 3.05) is 27.4 Å². The van der Waals surface area contributed by atoms with Gasteiger partial charge < -0.3 is 19.1 Å². The van der Waals surface area contributed by atoms with Crippen LogP contribution in [0.2, 0.25) is 0 Å². The average molecular weight is 585 g/mol. The van der Waals surface area contributed by atoms with Crippen molar-refractivity contribution in [1.29, 1.82) is 0 Å². The van der Waals surface area contributed by atoms with E-state index in [1.54, 1.807) is 44.2 Å². The fraction of sp³-hybridized carbons (Fsp3) is 0.219. The Bertz CT molecular complexity index is 1780. The van der Waals surface area contributed by atoms with Gasteiger partial charge in [-0.05, 0) is 35.4 Å². The van der Waals surface area contributed by atoms with E-state index in [4.69, 9.17) is 4.74 Å². The van der Waals surface area contributed by atoms with E-state index >= 15 is 0 Å². The molecule has 1 atom stereocenters. The van der Waals surface area contributed by atoms with Crippen LogP contribution >= 0.6 is 11.8 Å². The number of nitrogens with zero attached hydrogens (tertiary/aromatic N) is 4. The van der Waals surface area contributed by atoms with E-state index in [1.807, 2.05) is 47.6 Å². The molecule has 0 N–H and O–H groups in total. The standard InChI is InChI=1S/C32H29FN4O4S/c1-20(38)41-19-35-13-4-5-23(16-35)31-36-14-12-26(29(36)18-42-31)30(39)27-17-37(32(40)34(2)3)28-15-22(8-11-25(27)28)21-6-9-24(33)10-7-21/h4-12,14-17,31H,13,18-19H2,1-3H3. The Labute approximate surface area is 246 Å². The van der Waals surface area contributed by atoms with Gasteiger partial charge in [0.1, 0.15) is 11.2 Å². The summed E-state index contributed by atoms with van der Waals surface area (Å²) in [5, 5.41) is 0.648. The summed E-state index contributed by atoms with van der Waals surface area (Å²) in [4.78, 5) is 41.9. The second-order valence-electron chi connectivity index (χ2n) is 10.5. The number of esters is 1. The van der Waals surface area contributed by atoms with E-state index in [0.717, 1.165) is 22.4 Å². The topological polar surface area (TPSA) is 76.8 Å². The van der Waals surface area contributed by atoms with Gasteiger partial charge in [-0.25, -0.2) is 9.18 Å². The molecule has 6 rings (SSSR count). The van der Waals surface area contributed by atoms with Gasteiger partial charge in [0, 0.05) is 79.7 Å². The number of carbonyl (C=O) groups is 3. The number of fused-ring (bicyclic) bond motifs is 2. The summed E-state index contributed by atoms with van der Waals surface area (Å²) in [5.41, 5.74) is 5.23. The van der Waals surface area contributed by atoms with Crippen molar-refractivity contribution in [1.82, 2.24) is 18.9 Å². The zero-order valence-corrected chi connectivity index (χ0v) is 24.2. The fourth-order valence-corrected chi connectivity index (χ4v) is 6.65. The summed E-state index contributed by atoms with van der Waals surface area (Å²) in [6, 6.07) is 13.3. The number of benzene rings is 2. The minimum atomic E-state index is -0.328. The summed E-state index contributed by atoms with van der Waals surface area (Å²) in [6.07, 6.45) is 9.65. The summed E-state index contributed by atoms with van der Waals surface area (Å²) < 4.78 is 22.3. The molecule has 2 aromatic heterocycles. The first-order chi connectivity index (χ1) is 20.2. The quantitative estimate of drug-likeness (QED) is 0.204. The van der Waals surface area contributed by atoms with Crippen molar-refractivity contribution in [3.05, 3.63) is 107 Å². The van der Waals surface area contributed by atoms with Gasteiger partial charge in [0.15, 0.2) is 12.5 Å². The maximum atomic E-state index is 14.1. The highest BCUT2D eigenvalue weighted by Crippen LogP contribution is 2.44. The Balaban J connectivity index is 1.35. The van der Waals surface area contributed by atoms with Gasteiger partial charge in [-0.1, -0.05) is 36.4 Å². The minimum absolute atomic E-state index is 0.0205. The van der Waals surface area contributed by atoms with Crippen molar-refractivity contribution >= 4 is 40.4 Å². The van der Waals surface area contributed by atoms with E-state index in [2.05, 4.69) is 10.6 Å². The number of halogens is 1. The number of thioether (sulfide) groups is 1. The lowest BCUT2D eigenvalue weighted by Crippen LogP contribution is -2.26. The van der Waals surface area contributed by atoms with Gasteiger partial charge in [-0.15, -0.1) is 11.8 Å². The first-order valence-electron chi connectivity index (χ1n) is 13.5. The number of allylic oxidation sites excluding steroid dienone is 1. The fourth-order valence-electron chi connectivity index (χ4n) is 5.34. The molecule has 8 nitrogen and oxygen atoms in total. The smallest absolute Gasteiger partial charge is 0.328 e. The number of ether oxygens (including phenoxy) is 1. The van der Waals surface area contributed by atoms with Crippen molar-refractivity contribution in [2.45, 2.75) is 18.1 Å². The monoisotopic (exact) mass is 584 g/mol. The Morgan fingerprint density at radius 1 is 1.05 bits per heavy atom. The predicted molar refractivity (Wildman–Crippen MR) is 161 cm³/mol. The van der Waals surface area contributed by atoms with Crippen LogP contribution in [-0.4, -0.2) is 64.1 Å². The third-order valence-electron chi connectivity index (χ3n) is 7.42. The van der Waals surface area contributed by atoms with E-state index in [1.165, 1.54) is 28.5 Å². The zero-order valence-electron chi connectivity index (χ0n) is 23.4. The minimum Gasteiger partial charge on any atom is -0.444 e. The lowest BCUT2D eigenvalue weighted by molar-refractivity contribution is -0.144. The molecule has 1 amide bonds. The van der Waals surface area contributed by atoms with Crippen LogP contribution in [0.3, 0.4) is 0 Å². The van der Waals surface area contributed by atoms with Gasteiger partial charge in [0.05, 0.1) is 5.52 Å². The Hall–Kier alpha value is -4.57. The number of amides is 1. The first kappa shape index (κ1) is 27.6. The highest BCUT2D eigenvalue weighted by molar-refractivity contribution is 7.99. The summed E-state index contributed by atoms with van der Waals surface area (Å²) in [7, 11) is 3.33. The Morgan fingerprint density at radius 2 is 1.81 bits per heavy atom. The number of aromatic nitrogens is 2. The molecule has 0 saturated carbocycles. The second kappa shape index (κ2) is 11.0. The van der Waals surface area contributed by atoms with Crippen LogP contribution in [0.1, 0.15) is 33.9 Å². The van der Waals surface area contributed by atoms with Crippen LogP contribution in [0, 0.1) is 5.82 Å². The zero-order chi connectivity index (χ0) is 29.5. The molecule has 214 valence electrons. The molecule has 4 heterocycles. The third kappa shape index (κ3) is 5.02. The number of hydrogen-bond acceptors (Lipinski definition) is 6. The number of hydrogen-bond donors (Lipinski definition) is 0. The molecule has 1 unspecified atom stereocenters. The number of rotatable bonds is 6. The average Bonchev–Trinajstić information content (AvgIpc) is 3.69. The van der Waals surface area contributed by atoms with Crippen molar-refractivity contribution < 1.29 is 23.5 Å². The Kier molecular flexibility index (Phi) is 7.24. The molecular formula is C32H29FN4O4S. The van der Waals surface area contributed by atoms with Gasteiger partial charge in [-0.3, -0.25) is 14.2 Å². The first-order valence-corrected chi connectivity index (χ1v) is 14.5. The van der Waals surface area contributed by atoms with Crippen LogP contribution in [0.4, 0.5) is 9.18 Å². The summed E-state index contributed by atoms with van der Waals surface area (Å²) in [6.45, 7) is 2.22. The maximum Gasteiger partial charge on any atom is 0.328 e. The van der Waals surface area contributed by atoms with Crippen LogP contribution in [0.25, 0.3) is 22.0 Å². The molecule has 2 aliphatic heterocycles. The highest BCUT2D eigenvalue weighted by atomic mass is 32.2. The van der Waals surface area contributed by atoms with E-state index in [0.29, 0.717) is 34.3 Å². The maximum absolute atomic E-state index is 14.1. The largest absolute Gasteiger partial charge is 0.444 e. The summed E-state index contributed by atoms with van der Waals surface area (Å²) in [5.74, 6) is -0.155. The molecule has 2 aromatic carbocycles. The molecule has 2 aliphatic rings. The molecule has 0 aliphatic carbocycles. The molecule has 0 saturated heterocycles. The van der Waals surface area contributed by atoms with Gasteiger partial charge in [-0.2, -0.15) is 0 Å². The molecule has 0 spiro atoms. The van der Waals surface area contributed by atoms with Crippen molar-refractivity contribution in [2.24, 2.45) is 0 Å². The second-order valence-corrected chi connectivity index (χ2v) is 11.5. The van der Waals surface area contributed by atoms with Crippen LogP contribution in [0.5, 0.6) is 0 Å². The van der Waals surface area contributed by atoms with E-state index < -0.39 is 0 Å². The molecular weight excluding hydrogens is 555 g/mol. The third-order valence-corrected chi connectivity index (χ3v) is 8.67. The van der Waals surface area contributed by atoms with Gasteiger partial charge >= 0.3 is 12.0 Å². The van der Waals surface area contributed by atoms with Crippen LogP contribution in [0.15, 0.2) is 84.8 Å². The summed E-state index contributed by atoms with van der Waals surface area (Å²) >= 11 is 1.72. The Morgan fingerprint density at radius 3 is 2.55 bits per heavy atom. The normalized spacial score (nSPS) is 16.0. The van der Waals surface area contributed by atoms with Crippen molar-refractivity contribution in [3.8, 4) is 11.1 Å². The molecule has 0 radical (unpaired) electrons. The molecule has 0 bridgehead atoms. The molecule has 42 heavy (non-hydrogen) atoms. The van der Waals surface area contributed by atoms with Crippen LogP contribution in [-0.2, 0) is 15.3 Å². The number of ketones is 1. The molecule has 10 heteroatoms. The highest BCUT2D eigenvalue weighted by Gasteiger charge is 2.31. The van der Waals surface area contributed by atoms with Gasteiger partial charge in [0.25, 0.3) is 0 Å². The number of carbonyl (C=O) groups excluding carboxylic acids is 3. The van der Waals surface area contributed by atoms with E-state index in [-0.39, 0.29) is 35.7 Å².